The summed E-state index contributed by atoms with van der Waals surface area (Å²) < 4.78 is 15.7. The third-order valence-corrected chi connectivity index (χ3v) is 4.25. The summed E-state index contributed by atoms with van der Waals surface area (Å²) in [6.07, 6.45) is 0.486. The van der Waals surface area contributed by atoms with Gasteiger partial charge in [0.25, 0.3) is 0 Å². The molecular formula is C21H21N3O5. The molecular weight excluding hydrogens is 374 g/mol. The number of benzene rings is 2. The molecule has 0 spiro atoms. The van der Waals surface area contributed by atoms with Crippen LogP contribution in [0.1, 0.15) is 29.6 Å². The molecule has 150 valence electrons. The number of methoxy groups -OCH3 is 2. The Hall–Kier alpha value is -3.68. The standard InChI is InChI=1S/C21H21N3O5/c1-13(25)14-4-7-16(8-5-14)22-19(26)10-11-20-23-21(24-29-20)15-6-9-17(27-2)18(12-15)28-3/h4-9,12H,10-11H2,1-3H3,(H,22,26). The second-order valence-electron chi connectivity index (χ2n) is 6.26. The third kappa shape index (κ3) is 4.98. The van der Waals surface area contributed by atoms with Crippen molar-refractivity contribution in [3.63, 3.8) is 0 Å². The van der Waals surface area contributed by atoms with E-state index >= 15 is 0 Å². The van der Waals surface area contributed by atoms with Gasteiger partial charge < -0.3 is 19.3 Å². The highest BCUT2D eigenvalue weighted by molar-refractivity contribution is 5.95. The van der Waals surface area contributed by atoms with Crippen molar-refractivity contribution in [2.24, 2.45) is 0 Å². The molecule has 0 aliphatic rings. The van der Waals surface area contributed by atoms with Crippen molar-refractivity contribution >= 4 is 17.4 Å². The molecule has 0 unspecified atom stereocenters. The van der Waals surface area contributed by atoms with Gasteiger partial charge in [0.2, 0.25) is 17.6 Å². The number of anilines is 1. The topological polar surface area (TPSA) is 104 Å². The number of carbonyl (C=O) groups excluding carboxylic acids is 2. The molecule has 0 fully saturated rings. The number of hydrogen-bond donors (Lipinski definition) is 1. The Bertz CT molecular complexity index is 1010. The molecule has 29 heavy (non-hydrogen) atoms. The van der Waals surface area contributed by atoms with Gasteiger partial charge in [0.1, 0.15) is 0 Å². The summed E-state index contributed by atoms with van der Waals surface area (Å²) in [5, 5.41) is 6.73. The average Bonchev–Trinajstić information content (AvgIpc) is 3.21. The fraction of sp³-hybridized carbons (Fsp3) is 0.238. The minimum Gasteiger partial charge on any atom is -0.493 e. The summed E-state index contributed by atoms with van der Waals surface area (Å²) in [6, 6.07) is 12.0. The molecule has 3 rings (SSSR count). The second kappa shape index (κ2) is 9.01. The van der Waals surface area contributed by atoms with E-state index in [1.165, 1.54) is 6.92 Å². The van der Waals surface area contributed by atoms with Crippen molar-refractivity contribution in [2.75, 3.05) is 19.5 Å². The minimum atomic E-state index is -0.188. The predicted octanol–water partition coefficient (Wildman–Crippen LogP) is 3.53. The minimum absolute atomic E-state index is 0.0236. The number of aryl methyl sites for hydroxylation is 1. The first kappa shape index (κ1) is 20.1. The molecule has 1 amide bonds. The highest BCUT2D eigenvalue weighted by Gasteiger charge is 2.13. The van der Waals surface area contributed by atoms with Crippen LogP contribution < -0.4 is 14.8 Å². The van der Waals surface area contributed by atoms with E-state index in [2.05, 4.69) is 15.5 Å². The normalized spacial score (nSPS) is 10.4. The lowest BCUT2D eigenvalue weighted by Crippen LogP contribution is -2.12. The van der Waals surface area contributed by atoms with Crippen LogP contribution in [0.4, 0.5) is 5.69 Å². The lowest BCUT2D eigenvalue weighted by molar-refractivity contribution is -0.116. The first-order chi connectivity index (χ1) is 14.0. The lowest BCUT2D eigenvalue weighted by atomic mass is 10.1. The first-order valence-corrected chi connectivity index (χ1v) is 8.96. The van der Waals surface area contributed by atoms with E-state index < -0.39 is 0 Å². The summed E-state index contributed by atoms with van der Waals surface area (Å²) >= 11 is 0. The number of nitrogens with one attached hydrogen (secondary N) is 1. The highest BCUT2D eigenvalue weighted by atomic mass is 16.5. The fourth-order valence-electron chi connectivity index (χ4n) is 2.68. The monoisotopic (exact) mass is 395 g/mol. The Labute approximate surface area is 167 Å². The van der Waals surface area contributed by atoms with Crippen molar-refractivity contribution in [3.05, 3.63) is 53.9 Å². The van der Waals surface area contributed by atoms with E-state index in [-0.39, 0.29) is 18.1 Å². The van der Waals surface area contributed by atoms with Gasteiger partial charge in [-0.2, -0.15) is 4.98 Å². The average molecular weight is 395 g/mol. The van der Waals surface area contributed by atoms with Crippen LogP contribution in [0, 0.1) is 0 Å². The van der Waals surface area contributed by atoms with Gasteiger partial charge in [0.15, 0.2) is 17.3 Å². The summed E-state index contributed by atoms with van der Waals surface area (Å²) in [6.45, 7) is 1.49. The van der Waals surface area contributed by atoms with Gasteiger partial charge in [-0.25, -0.2) is 0 Å². The van der Waals surface area contributed by atoms with Crippen molar-refractivity contribution in [1.29, 1.82) is 0 Å². The Morgan fingerprint density at radius 2 is 1.76 bits per heavy atom. The van der Waals surface area contributed by atoms with E-state index in [0.29, 0.717) is 46.4 Å². The Balaban J connectivity index is 1.59. The van der Waals surface area contributed by atoms with Crippen molar-refractivity contribution in [3.8, 4) is 22.9 Å². The van der Waals surface area contributed by atoms with Crippen LogP contribution in [0.25, 0.3) is 11.4 Å². The molecule has 1 aromatic heterocycles. The molecule has 0 radical (unpaired) electrons. The van der Waals surface area contributed by atoms with Crippen LogP contribution in [0.15, 0.2) is 47.0 Å². The summed E-state index contributed by atoms with van der Waals surface area (Å²) in [7, 11) is 3.11. The maximum Gasteiger partial charge on any atom is 0.227 e. The largest absolute Gasteiger partial charge is 0.493 e. The summed E-state index contributed by atoms with van der Waals surface area (Å²) in [4.78, 5) is 27.8. The number of nitrogens with zero attached hydrogens (tertiary/aromatic N) is 2. The smallest absolute Gasteiger partial charge is 0.227 e. The van der Waals surface area contributed by atoms with Gasteiger partial charge >= 0.3 is 0 Å². The van der Waals surface area contributed by atoms with Gasteiger partial charge in [-0.1, -0.05) is 5.16 Å². The van der Waals surface area contributed by atoms with Gasteiger partial charge in [-0.05, 0) is 49.4 Å². The molecule has 3 aromatic rings. The van der Waals surface area contributed by atoms with Crippen LogP contribution in [0.5, 0.6) is 11.5 Å². The molecule has 0 atom stereocenters. The van der Waals surface area contributed by atoms with Crippen molar-refractivity contribution in [1.82, 2.24) is 10.1 Å². The molecule has 2 aromatic carbocycles. The number of aromatic nitrogens is 2. The number of carbonyl (C=O) groups is 2. The summed E-state index contributed by atoms with van der Waals surface area (Å²) in [5.74, 6) is 1.72. The fourth-order valence-corrected chi connectivity index (χ4v) is 2.68. The van der Waals surface area contributed by atoms with E-state index in [0.717, 1.165) is 0 Å². The van der Waals surface area contributed by atoms with Crippen LogP contribution in [0.2, 0.25) is 0 Å². The molecule has 1 N–H and O–H groups in total. The zero-order chi connectivity index (χ0) is 20.8. The first-order valence-electron chi connectivity index (χ1n) is 8.96. The second-order valence-corrected chi connectivity index (χ2v) is 6.26. The Morgan fingerprint density at radius 3 is 2.41 bits per heavy atom. The molecule has 0 saturated heterocycles. The Morgan fingerprint density at radius 1 is 1.03 bits per heavy atom. The van der Waals surface area contributed by atoms with Gasteiger partial charge in [0, 0.05) is 29.7 Å². The predicted molar refractivity (Wildman–Crippen MR) is 106 cm³/mol. The van der Waals surface area contributed by atoms with Crippen molar-refractivity contribution < 1.29 is 23.6 Å². The van der Waals surface area contributed by atoms with Crippen LogP contribution in [-0.4, -0.2) is 36.1 Å². The van der Waals surface area contributed by atoms with Crippen LogP contribution in [-0.2, 0) is 11.2 Å². The SMILES string of the molecule is COc1ccc(-c2noc(CCC(=O)Nc3ccc(C(C)=O)cc3)n2)cc1OC. The number of rotatable bonds is 8. The molecule has 8 nitrogen and oxygen atoms in total. The zero-order valence-corrected chi connectivity index (χ0v) is 16.4. The van der Waals surface area contributed by atoms with Gasteiger partial charge in [-0.15, -0.1) is 0 Å². The number of ether oxygens (including phenoxy) is 2. The van der Waals surface area contributed by atoms with E-state index in [1.807, 2.05) is 0 Å². The maximum absolute atomic E-state index is 12.1. The van der Waals surface area contributed by atoms with Gasteiger partial charge in [-0.3, -0.25) is 9.59 Å². The quantitative estimate of drug-likeness (QED) is 0.582. The van der Waals surface area contributed by atoms with Crippen LogP contribution >= 0.6 is 0 Å². The number of amides is 1. The molecule has 8 heteroatoms. The molecule has 0 aliphatic heterocycles. The lowest BCUT2D eigenvalue weighted by Gasteiger charge is -2.07. The third-order valence-electron chi connectivity index (χ3n) is 4.25. The molecule has 1 heterocycles. The molecule has 0 bridgehead atoms. The zero-order valence-electron chi connectivity index (χ0n) is 16.4. The highest BCUT2D eigenvalue weighted by Crippen LogP contribution is 2.31. The van der Waals surface area contributed by atoms with E-state index in [1.54, 1.807) is 56.7 Å². The van der Waals surface area contributed by atoms with Crippen molar-refractivity contribution in [2.45, 2.75) is 19.8 Å². The van der Waals surface area contributed by atoms with E-state index in [4.69, 9.17) is 14.0 Å². The van der Waals surface area contributed by atoms with Gasteiger partial charge in [0.05, 0.1) is 14.2 Å². The van der Waals surface area contributed by atoms with Crippen LogP contribution in [0.3, 0.4) is 0 Å². The number of hydrogen-bond acceptors (Lipinski definition) is 7. The van der Waals surface area contributed by atoms with E-state index in [9.17, 15) is 9.59 Å². The number of Topliss-reactive ketones (excluding diaryl/α,β-unsaturated/α-hetero) is 1. The summed E-state index contributed by atoms with van der Waals surface area (Å²) in [5.41, 5.74) is 1.93. The molecule has 0 saturated carbocycles. The Kier molecular flexibility index (Phi) is 6.23. The molecule has 0 aliphatic carbocycles. The maximum atomic E-state index is 12.1. The number of ketones is 1.